The van der Waals surface area contributed by atoms with Gasteiger partial charge in [0.15, 0.2) is 5.11 Å². The van der Waals surface area contributed by atoms with Crippen LogP contribution in [-0.4, -0.2) is 22.6 Å². The van der Waals surface area contributed by atoms with Crippen LogP contribution in [-0.2, 0) is 0 Å². The van der Waals surface area contributed by atoms with Gasteiger partial charge in [-0.3, -0.25) is 0 Å². The fourth-order valence-corrected chi connectivity index (χ4v) is 2.51. The van der Waals surface area contributed by atoms with E-state index in [0.717, 1.165) is 17.3 Å². The van der Waals surface area contributed by atoms with E-state index in [1.165, 1.54) is 19.3 Å². The number of anilines is 1. The summed E-state index contributed by atoms with van der Waals surface area (Å²) in [6.45, 7) is 3.33. The molecule has 1 aliphatic heterocycles. The molecule has 2 rings (SSSR count). The van der Waals surface area contributed by atoms with Gasteiger partial charge in [-0.25, -0.2) is 0 Å². The molecule has 1 saturated heterocycles. The summed E-state index contributed by atoms with van der Waals surface area (Å²) in [5.41, 5.74) is 1.07. The van der Waals surface area contributed by atoms with Crippen LogP contribution in [0.1, 0.15) is 26.2 Å². The van der Waals surface area contributed by atoms with E-state index in [-0.39, 0.29) is 0 Å². The molecule has 1 aromatic rings. The second-order valence-corrected chi connectivity index (χ2v) is 4.72. The molecule has 0 radical (unpaired) electrons. The van der Waals surface area contributed by atoms with Gasteiger partial charge in [0.05, 0.1) is 0 Å². The second kappa shape index (κ2) is 5.30. The zero-order valence-corrected chi connectivity index (χ0v) is 10.5. The van der Waals surface area contributed by atoms with E-state index in [4.69, 9.17) is 12.2 Å². The maximum absolute atomic E-state index is 5.45. The van der Waals surface area contributed by atoms with Crippen molar-refractivity contribution in [1.82, 2.24) is 4.90 Å². The number of benzene rings is 1. The molecule has 2 nitrogen and oxygen atoms in total. The van der Waals surface area contributed by atoms with E-state index < -0.39 is 0 Å². The quantitative estimate of drug-likeness (QED) is 0.751. The van der Waals surface area contributed by atoms with Gasteiger partial charge in [-0.05, 0) is 50.5 Å². The number of rotatable bonds is 1. The summed E-state index contributed by atoms with van der Waals surface area (Å²) in [5, 5.41) is 4.16. The molecule has 1 aliphatic rings. The Morgan fingerprint density at radius 3 is 2.75 bits per heavy atom. The van der Waals surface area contributed by atoms with E-state index in [0.29, 0.717) is 6.04 Å². The molecule has 1 N–H and O–H groups in total. The average molecular weight is 234 g/mol. The third kappa shape index (κ3) is 2.73. The van der Waals surface area contributed by atoms with Crippen molar-refractivity contribution in [1.29, 1.82) is 0 Å². The molecule has 16 heavy (non-hydrogen) atoms. The third-order valence-corrected chi connectivity index (χ3v) is 3.43. The van der Waals surface area contributed by atoms with Crippen LogP contribution in [0.25, 0.3) is 0 Å². The van der Waals surface area contributed by atoms with Crippen LogP contribution in [0.2, 0.25) is 0 Å². The van der Waals surface area contributed by atoms with Crippen LogP contribution in [0.3, 0.4) is 0 Å². The minimum absolute atomic E-state index is 0.567. The highest BCUT2D eigenvalue weighted by Gasteiger charge is 2.20. The molecule has 1 aromatic carbocycles. The minimum atomic E-state index is 0.567. The highest BCUT2D eigenvalue weighted by atomic mass is 32.1. The highest BCUT2D eigenvalue weighted by Crippen LogP contribution is 2.18. The van der Waals surface area contributed by atoms with E-state index in [1.54, 1.807) is 0 Å². The van der Waals surface area contributed by atoms with E-state index >= 15 is 0 Å². The summed E-state index contributed by atoms with van der Waals surface area (Å²) in [6, 6.07) is 10.7. The van der Waals surface area contributed by atoms with Gasteiger partial charge in [0.1, 0.15) is 0 Å². The fraction of sp³-hybridized carbons (Fsp3) is 0.462. The molecule has 1 heterocycles. The van der Waals surface area contributed by atoms with Crippen molar-refractivity contribution in [2.24, 2.45) is 0 Å². The monoisotopic (exact) mass is 234 g/mol. The van der Waals surface area contributed by atoms with Gasteiger partial charge in [0.2, 0.25) is 0 Å². The average Bonchev–Trinajstić information content (AvgIpc) is 2.31. The van der Waals surface area contributed by atoms with Crippen molar-refractivity contribution in [2.75, 3.05) is 11.9 Å². The molecule has 1 fully saturated rings. The lowest BCUT2D eigenvalue weighted by atomic mass is 10.0. The standard InChI is InChI=1S/C13H18N2S/c1-11-7-5-6-10-15(11)13(16)14-12-8-3-2-4-9-12/h2-4,8-9,11H,5-7,10H2,1H3,(H,14,16). The molecule has 3 heteroatoms. The van der Waals surface area contributed by atoms with Gasteiger partial charge >= 0.3 is 0 Å². The Bertz CT molecular complexity index is 350. The zero-order valence-electron chi connectivity index (χ0n) is 9.65. The summed E-state index contributed by atoms with van der Waals surface area (Å²) < 4.78 is 0. The van der Waals surface area contributed by atoms with Gasteiger partial charge < -0.3 is 10.2 Å². The lowest BCUT2D eigenvalue weighted by molar-refractivity contribution is 0.262. The summed E-state index contributed by atoms with van der Waals surface area (Å²) >= 11 is 5.45. The Morgan fingerprint density at radius 2 is 2.06 bits per heavy atom. The third-order valence-electron chi connectivity index (χ3n) is 3.09. The Balaban J connectivity index is 1.97. The van der Waals surface area contributed by atoms with Crippen LogP contribution in [0.15, 0.2) is 30.3 Å². The van der Waals surface area contributed by atoms with Crippen LogP contribution < -0.4 is 5.32 Å². The molecule has 0 aromatic heterocycles. The fourth-order valence-electron chi connectivity index (χ4n) is 2.12. The lowest BCUT2D eigenvalue weighted by Gasteiger charge is -2.35. The summed E-state index contributed by atoms with van der Waals surface area (Å²) in [6.07, 6.45) is 3.82. The van der Waals surface area contributed by atoms with Crippen molar-refractivity contribution < 1.29 is 0 Å². The summed E-state index contributed by atoms with van der Waals surface area (Å²) in [4.78, 5) is 2.30. The Kier molecular flexibility index (Phi) is 3.78. The van der Waals surface area contributed by atoms with Crippen molar-refractivity contribution in [3.05, 3.63) is 30.3 Å². The molecule has 0 spiro atoms. The van der Waals surface area contributed by atoms with Crippen molar-refractivity contribution in [3.63, 3.8) is 0 Å². The van der Waals surface area contributed by atoms with Crippen LogP contribution >= 0.6 is 12.2 Å². The predicted molar refractivity (Wildman–Crippen MR) is 72.7 cm³/mol. The van der Waals surface area contributed by atoms with E-state index in [2.05, 4.69) is 17.1 Å². The number of hydrogen-bond donors (Lipinski definition) is 1. The minimum Gasteiger partial charge on any atom is -0.346 e. The molecule has 1 atom stereocenters. The maximum Gasteiger partial charge on any atom is 0.173 e. The first-order chi connectivity index (χ1) is 7.77. The molecular formula is C13H18N2S. The Hall–Kier alpha value is -1.09. The maximum atomic E-state index is 5.45. The van der Waals surface area contributed by atoms with Gasteiger partial charge in [-0.1, -0.05) is 18.2 Å². The van der Waals surface area contributed by atoms with Crippen LogP contribution in [0, 0.1) is 0 Å². The first-order valence-corrected chi connectivity index (χ1v) is 6.31. The molecule has 0 bridgehead atoms. The normalized spacial score (nSPS) is 20.6. The molecule has 0 saturated carbocycles. The van der Waals surface area contributed by atoms with Gasteiger partial charge in [-0.2, -0.15) is 0 Å². The number of thiocarbonyl (C=S) groups is 1. The van der Waals surface area contributed by atoms with Gasteiger partial charge in [0.25, 0.3) is 0 Å². The molecular weight excluding hydrogens is 216 g/mol. The smallest absolute Gasteiger partial charge is 0.173 e. The largest absolute Gasteiger partial charge is 0.346 e. The van der Waals surface area contributed by atoms with Crippen molar-refractivity contribution >= 4 is 23.0 Å². The first kappa shape index (κ1) is 11.4. The SMILES string of the molecule is CC1CCCCN1C(=S)Nc1ccccc1. The summed E-state index contributed by atoms with van der Waals surface area (Å²) in [5.74, 6) is 0. The number of nitrogens with one attached hydrogen (secondary N) is 1. The highest BCUT2D eigenvalue weighted by molar-refractivity contribution is 7.80. The predicted octanol–water partition coefficient (Wildman–Crippen LogP) is 3.26. The van der Waals surface area contributed by atoms with E-state index in [9.17, 15) is 0 Å². The first-order valence-electron chi connectivity index (χ1n) is 5.90. The van der Waals surface area contributed by atoms with Crippen LogP contribution in [0.4, 0.5) is 5.69 Å². The topological polar surface area (TPSA) is 15.3 Å². The second-order valence-electron chi connectivity index (χ2n) is 4.33. The number of likely N-dealkylation sites (tertiary alicyclic amines) is 1. The Morgan fingerprint density at radius 1 is 1.31 bits per heavy atom. The lowest BCUT2D eigenvalue weighted by Crippen LogP contribution is -2.44. The van der Waals surface area contributed by atoms with Gasteiger partial charge in [0, 0.05) is 18.3 Å². The molecule has 0 amide bonds. The molecule has 1 unspecified atom stereocenters. The molecule has 86 valence electrons. The number of para-hydroxylation sites is 1. The van der Waals surface area contributed by atoms with Crippen molar-refractivity contribution in [3.8, 4) is 0 Å². The van der Waals surface area contributed by atoms with Crippen LogP contribution in [0.5, 0.6) is 0 Å². The summed E-state index contributed by atoms with van der Waals surface area (Å²) in [7, 11) is 0. The number of hydrogen-bond acceptors (Lipinski definition) is 1. The number of nitrogens with zero attached hydrogens (tertiary/aromatic N) is 1. The van der Waals surface area contributed by atoms with E-state index in [1.807, 2.05) is 30.3 Å². The van der Waals surface area contributed by atoms with Gasteiger partial charge in [-0.15, -0.1) is 0 Å². The zero-order chi connectivity index (χ0) is 11.4. The number of piperidine rings is 1. The Labute approximate surface area is 103 Å². The van der Waals surface area contributed by atoms with Crippen molar-refractivity contribution in [2.45, 2.75) is 32.2 Å². The molecule has 0 aliphatic carbocycles.